The number of benzene rings is 2. The molecule has 1 spiro atoms. The fourth-order valence-corrected chi connectivity index (χ4v) is 5.43. The number of carbonyl (C=O) groups is 3. The summed E-state index contributed by atoms with van der Waals surface area (Å²) in [6.07, 6.45) is 4.23. The molecule has 2 aromatic carbocycles. The molecule has 1 aromatic heterocycles. The number of hydrogen-bond donors (Lipinski definition) is 4. The molecule has 2 aliphatic heterocycles. The van der Waals surface area contributed by atoms with E-state index in [-0.39, 0.29) is 11.8 Å². The summed E-state index contributed by atoms with van der Waals surface area (Å²) < 4.78 is 0. The highest BCUT2D eigenvalue weighted by Crippen LogP contribution is 2.40. The molecule has 2 atom stereocenters. The van der Waals surface area contributed by atoms with Crippen LogP contribution in [0.1, 0.15) is 37.8 Å². The number of H-pyrrole nitrogens is 1. The van der Waals surface area contributed by atoms with Crippen molar-refractivity contribution in [3.05, 3.63) is 65.9 Å². The number of anilines is 1. The number of nitrogens with one attached hydrogen (secondary N) is 3. The largest absolute Gasteiger partial charge is 0.361 e. The number of para-hydroxylation sites is 2. The third kappa shape index (κ3) is 4.48. The van der Waals surface area contributed by atoms with Crippen LogP contribution in [0.5, 0.6) is 0 Å². The normalized spacial score (nSPS) is 20.6. The summed E-state index contributed by atoms with van der Waals surface area (Å²) in [5, 5.41) is 6.97. The van der Waals surface area contributed by atoms with E-state index >= 15 is 0 Å². The molecule has 0 radical (unpaired) electrons. The molecule has 188 valence electrons. The number of carbonyl (C=O) groups excluding carboxylic acids is 3. The zero-order chi connectivity index (χ0) is 25.5. The Labute approximate surface area is 210 Å². The first kappa shape index (κ1) is 24.1. The summed E-state index contributed by atoms with van der Waals surface area (Å²) in [4.78, 5) is 45.0. The molecule has 3 amide bonds. The highest BCUT2D eigenvalue weighted by molar-refractivity contribution is 5.99. The van der Waals surface area contributed by atoms with E-state index in [0.29, 0.717) is 32.4 Å². The molecule has 5 N–H and O–H groups in total. The highest BCUT2D eigenvalue weighted by Gasteiger charge is 2.47. The van der Waals surface area contributed by atoms with Crippen molar-refractivity contribution in [2.24, 2.45) is 11.1 Å². The molecule has 1 fully saturated rings. The van der Waals surface area contributed by atoms with E-state index < -0.39 is 22.9 Å². The van der Waals surface area contributed by atoms with Crippen molar-refractivity contribution in [3.8, 4) is 0 Å². The molecule has 2 aliphatic rings. The van der Waals surface area contributed by atoms with Crippen molar-refractivity contribution in [3.63, 3.8) is 0 Å². The molecule has 0 bridgehead atoms. The number of likely N-dealkylation sites (tertiary alicyclic amines) is 1. The van der Waals surface area contributed by atoms with E-state index in [1.807, 2.05) is 54.7 Å². The van der Waals surface area contributed by atoms with Crippen LogP contribution in [0.15, 0.2) is 54.7 Å². The van der Waals surface area contributed by atoms with Crippen LogP contribution in [0.3, 0.4) is 0 Å². The van der Waals surface area contributed by atoms with Gasteiger partial charge >= 0.3 is 0 Å². The Morgan fingerprint density at radius 2 is 1.92 bits per heavy atom. The summed E-state index contributed by atoms with van der Waals surface area (Å²) in [7, 11) is 0. The molecule has 3 heterocycles. The second-order valence-electron chi connectivity index (χ2n) is 10.7. The van der Waals surface area contributed by atoms with Gasteiger partial charge in [-0.2, -0.15) is 0 Å². The van der Waals surface area contributed by atoms with Gasteiger partial charge in [-0.15, -0.1) is 0 Å². The molecular formula is C28H33N5O3. The van der Waals surface area contributed by atoms with Crippen molar-refractivity contribution in [1.82, 2.24) is 15.2 Å². The van der Waals surface area contributed by atoms with Gasteiger partial charge in [-0.3, -0.25) is 14.4 Å². The maximum atomic E-state index is 13.9. The van der Waals surface area contributed by atoms with E-state index in [1.165, 1.54) is 0 Å². The van der Waals surface area contributed by atoms with Crippen molar-refractivity contribution in [2.75, 3.05) is 18.4 Å². The van der Waals surface area contributed by atoms with Gasteiger partial charge < -0.3 is 26.3 Å². The van der Waals surface area contributed by atoms with Crippen LogP contribution in [0, 0.1) is 5.41 Å². The topological polar surface area (TPSA) is 120 Å². The fourth-order valence-electron chi connectivity index (χ4n) is 5.43. The van der Waals surface area contributed by atoms with E-state index in [1.54, 1.807) is 18.7 Å². The molecular weight excluding hydrogens is 454 g/mol. The summed E-state index contributed by atoms with van der Waals surface area (Å²) in [5.74, 6) is -0.626. The molecule has 8 heteroatoms. The van der Waals surface area contributed by atoms with E-state index in [9.17, 15) is 14.4 Å². The molecule has 0 saturated carbocycles. The number of hydrogen-bond acceptors (Lipinski definition) is 4. The maximum absolute atomic E-state index is 13.9. The molecule has 8 nitrogen and oxygen atoms in total. The van der Waals surface area contributed by atoms with Gasteiger partial charge in [0.1, 0.15) is 6.04 Å². The van der Waals surface area contributed by atoms with Crippen LogP contribution in [0.25, 0.3) is 10.9 Å². The first-order valence-electron chi connectivity index (χ1n) is 12.5. The van der Waals surface area contributed by atoms with Crippen LogP contribution in [-0.2, 0) is 27.2 Å². The van der Waals surface area contributed by atoms with Crippen molar-refractivity contribution in [1.29, 1.82) is 0 Å². The van der Waals surface area contributed by atoms with E-state index in [4.69, 9.17) is 5.73 Å². The Balaban J connectivity index is 1.41. The average molecular weight is 488 g/mol. The van der Waals surface area contributed by atoms with E-state index in [0.717, 1.165) is 34.1 Å². The first-order chi connectivity index (χ1) is 17.2. The standard InChI is InChI=1S/C28H33N5O3/c1-27(2,29)25(35)32-23(14-19-16-30-22-11-6-4-9-20(19)22)24(34)33-13-7-12-28(17-33)15-18-8-3-5-10-21(18)31-26(28)36/h3-6,8-11,16,23,30H,7,12-15,17,29H2,1-2H3,(H,31,36)(H,32,35)/t23-,28?/m1/s1. The van der Waals surface area contributed by atoms with Gasteiger partial charge in [0.2, 0.25) is 17.7 Å². The Morgan fingerprint density at radius 3 is 2.72 bits per heavy atom. The molecule has 5 rings (SSSR count). The second-order valence-corrected chi connectivity index (χ2v) is 10.7. The van der Waals surface area contributed by atoms with Crippen LogP contribution in [0.4, 0.5) is 5.69 Å². The van der Waals surface area contributed by atoms with Gasteiger partial charge in [0.25, 0.3) is 0 Å². The lowest BCUT2D eigenvalue weighted by molar-refractivity contribution is -0.143. The van der Waals surface area contributed by atoms with Gasteiger partial charge in [-0.05, 0) is 56.4 Å². The lowest BCUT2D eigenvalue weighted by atomic mass is 9.72. The van der Waals surface area contributed by atoms with Gasteiger partial charge in [-0.1, -0.05) is 36.4 Å². The predicted molar refractivity (Wildman–Crippen MR) is 139 cm³/mol. The number of piperidine rings is 1. The van der Waals surface area contributed by atoms with Crippen LogP contribution in [0.2, 0.25) is 0 Å². The fraction of sp³-hybridized carbons (Fsp3) is 0.393. The lowest BCUT2D eigenvalue weighted by Gasteiger charge is -2.45. The Kier molecular flexibility index (Phi) is 6.08. The minimum Gasteiger partial charge on any atom is -0.361 e. The number of nitrogens with zero attached hydrogens (tertiary/aromatic N) is 1. The monoisotopic (exact) mass is 487 g/mol. The first-order valence-corrected chi connectivity index (χ1v) is 12.5. The molecule has 1 unspecified atom stereocenters. The number of nitrogens with two attached hydrogens (primary N) is 1. The van der Waals surface area contributed by atoms with Crippen molar-refractivity contribution >= 4 is 34.3 Å². The molecule has 1 saturated heterocycles. The lowest BCUT2D eigenvalue weighted by Crippen LogP contribution is -2.60. The number of rotatable bonds is 5. The quantitative estimate of drug-likeness (QED) is 0.442. The summed E-state index contributed by atoms with van der Waals surface area (Å²) >= 11 is 0. The summed E-state index contributed by atoms with van der Waals surface area (Å²) in [5.41, 5.74) is 8.08. The van der Waals surface area contributed by atoms with Gasteiger partial charge in [0.05, 0.1) is 11.0 Å². The average Bonchev–Trinajstić information content (AvgIpc) is 3.26. The van der Waals surface area contributed by atoms with Crippen molar-refractivity contribution in [2.45, 2.75) is 51.1 Å². The molecule has 36 heavy (non-hydrogen) atoms. The van der Waals surface area contributed by atoms with Crippen LogP contribution in [-0.4, -0.2) is 52.3 Å². The third-order valence-electron chi connectivity index (χ3n) is 7.45. The Morgan fingerprint density at radius 1 is 1.17 bits per heavy atom. The smallest absolute Gasteiger partial charge is 0.245 e. The minimum atomic E-state index is -1.13. The molecule has 0 aliphatic carbocycles. The van der Waals surface area contributed by atoms with Gasteiger partial charge in [0, 0.05) is 42.3 Å². The maximum Gasteiger partial charge on any atom is 0.245 e. The van der Waals surface area contributed by atoms with Crippen LogP contribution >= 0.6 is 0 Å². The third-order valence-corrected chi connectivity index (χ3v) is 7.45. The second kappa shape index (κ2) is 9.09. The van der Waals surface area contributed by atoms with Crippen LogP contribution < -0.4 is 16.4 Å². The number of aromatic amines is 1. The summed E-state index contributed by atoms with van der Waals surface area (Å²) in [6.45, 7) is 4.10. The predicted octanol–water partition coefficient (Wildman–Crippen LogP) is 2.74. The van der Waals surface area contributed by atoms with Gasteiger partial charge in [0.15, 0.2) is 0 Å². The van der Waals surface area contributed by atoms with Crippen molar-refractivity contribution < 1.29 is 14.4 Å². The Hall–Kier alpha value is -3.65. The molecule has 3 aromatic rings. The SMILES string of the molecule is CC(C)(N)C(=O)N[C@H](Cc1c[nH]c2ccccc12)C(=O)N1CCCC2(Cc3ccccc3NC2=O)C1. The minimum absolute atomic E-state index is 0.0426. The number of fused-ring (bicyclic) bond motifs is 2. The number of aromatic nitrogens is 1. The Bertz CT molecular complexity index is 1320. The zero-order valence-electron chi connectivity index (χ0n) is 20.8. The summed E-state index contributed by atoms with van der Waals surface area (Å²) in [6, 6.07) is 14.9. The zero-order valence-corrected chi connectivity index (χ0v) is 20.8. The van der Waals surface area contributed by atoms with E-state index in [2.05, 4.69) is 15.6 Å². The number of amides is 3. The highest BCUT2D eigenvalue weighted by atomic mass is 16.2. The van der Waals surface area contributed by atoms with Gasteiger partial charge in [-0.25, -0.2) is 0 Å².